The Hall–Kier alpha value is -1.37. The van der Waals surface area contributed by atoms with Gasteiger partial charge in [-0.15, -0.1) is 0 Å². The average Bonchev–Trinajstić information content (AvgIpc) is 2.89. The van der Waals surface area contributed by atoms with Crippen molar-refractivity contribution < 1.29 is 4.74 Å². The third-order valence-electron chi connectivity index (χ3n) is 4.78. The smallest absolute Gasteiger partial charge is 0.0814 e. The summed E-state index contributed by atoms with van der Waals surface area (Å²) in [7, 11) is 0. The maximum Gasteiger partial charge on any atom is 0.0814 e. The Bertz CT molecular complexity index is 496. The lowest BCUT2D eigenvalue weighted by molar-refractivity contribution is -0.0858. The molecule has 0 radical (unpaired) electrons. The van der Waals surface area contributed by atoms with Crippen LogP contribution in [0.5, 0.6) is 0 Å². The number of piperidine rings is 1. The van der Waals surface area contributed by atoms with Gasteiger partial charge in [-0.05, 0) is 44.2 Å². The van der Waals surface area contributed by atoms with Crippen molar-refractivity contribution in [3.05, 3.63) is 35.9 Å². The van der Waals surface area contributed by atoms with Crippen molar-refractivity contribution in [1.82, 2.24) is 4.90 Å². The van der Waals surface area contributed by atoms with Crippen molar-refractivity contribution in [3.63, 3.8) is 0 Å². The largest absolute Gasteiger partial charge is 0.370 e. The minimum absolute atomic E-state index is 0.0627. The molecule has 21 heavy (non-hydrogen) atoms. The van der Waals surface area contributed by atoms with E-state index in [0.29, 0.717) is 12.5 Å². The molecule has 3 rings (SSSR count). The number of hydrogen-bond donors (Lipinski definition) is 0. The van der Waals surface area contributed by atoms with Crippen molar-refractivity contribution in [3.8, 4) is 6.07 Å². The summed E-state index contributed by atoms with van der Waals surface area (Å²) in [4.78, 5) is 2.53. The highest BCUT2D eigenvalue weighted by atomic mass is 16.5. The predicted octanol–water partition coefficient (Wildman–Crippen LogP) is 3.50. The number of ether oxygens (including phenoxy) is 1. The molecule has 0 aliphatic carbocycles. The van der Waals surface area contributed by atoms with Crippen molar-refractivity contribution in [2.24, 2.45) is 0 Å². The van der Waals surface area contributed by atoms with Crippen LogP contribution in [0.4, 0.5) is 0 Å². The summed E-state index contributed by atoms with van der Waals surface area (Å²) < 4.78 is 6.37. The fraction of sp³-hybridized carbons (Fsp3) is 0.611. The summed E-state index contributed by atoms with van der Waals surface area (Å²) in [6.45, 7) is 3.24. The second-order valence-corrected chi connectivity index (χ2v) is 6.46. The summed E-state index contributed by atoms with van der Waals surface area (Å²) >= 11 is 0. The van der Waals surface area contributed by atoms with E-state index in [-0.39, 0.29) is 5.60 Å². The fourth-order valence-electron chi connectivity index (χ4n) is 3.79. The lowest BCUT2D eigenvalue weighted by atomic mass is 9.89. The second-order valence-electron chi connectivity index (χ2n) is 6.46. The fourth-order valence-corrected chi connectivity index (χ4v) is 3.79. The van der Waals surface area contributed by atoms with E-state index in [1.165, 1.54) is 24.9 Å². The van der Waals surface area contributed by atoms with Gasteiger partial charge >= 0.3 is 0 Å². The highest BCUT2D eigenvalue weighted by Crippen LogP contribution is 2.39. The van der Waals surface area contributed by atoms with Gasteiger partial charge in [0.1, 0.15) is 0 Å². The zero-order valence-corrected chi connectivity index (χ0v) is 12.6. The first-order valence-corrected chi connectivity index (χ1v) is 8.11. The summed E-state index contributed by atoms with van der Waals surface area (Å²) in [6.07, 6.45) is 6.51. The van der Waals surface area contributed by atoms with Crippen LogP contribution in [0.25, 0.3) is 0 Å². The van der Waals surface area contributed by atoms with Gasteiger partial charge in [-0.1, -0.05) is 30.3 Å². The van der Waals surface area contributed by atoms with Crippen LogP contribution in [0.3, 0.4) is 0 Å². The molecule has 1 aromatic rings. The molecule has 2 heterocycles. The molecule has 2 atom stereocenters. The Labute approximate surface area is 127 Å². The van der Waals surface area contributed by atoms with Gasteiger partial charge in [0.15, 0.2) is 0 Å². The Kier molecular flexibility index (Phi) is 4.57. The maximum atomic E-state index is 8.72. The van der Waals surface area contributed by atoms with Crippen LogP contribution in [0.15, 0.2) is 30.3 Å². The minimum Gasteiger partial charge on any atom is -0.370 e. The molecule has 2 aliphatic rings. The molecule has 0 amide bonds. The lowest BCUT2D eigenvalue weighted by Crippen LogP contribution is -2.47. The molecule has 1 aromatic carbocycles. The van der Waals surface area contributed by atoms with E-state index in [0.717, 1.165) is 32.4 Å². The molecular weight excluding hydrogens is 260 g/mol. The van der Waals surface area contributed by atoms with Crippen LogP contribution in [0, 0.1) is 11.3 Å². The molecule has 2 fully saturated rings. The number of hydrogen-bond acceptors (Lipinski definition) is 3. The van der Waals surface area contributed by atoms with Crippen molar-refractivity contribution in [2.75, 3.05) is 13.1 Å². The predicted molar refractivity (Wildman–Crippen MR) is 82.6 cm³/mol. The number of rotatable bonds is 4. The zero-order valence-electron chi connectivity index (χ0n) is 12.6. The van der Waals surface area contributed by atoms with Gasteiger partial charge in [-0.3, -0.25) is 4.90 Å². The van der Waals surface area contributed by atoms with E-state index in [1.807, 2.05) is 0 Å². The van der Waals surface area contributed by atoms with E-state index in [9.17, 15) is 0 Å². The second kappa shape index (κ2) is 6.60. The summed E-state index contributed by atoms with van der Waals surface area (Å²) in [5.74, 6) is 0. The lowest BCUT2D eigenvalue weighted by Gasteiger charge is -2.40. The zero-order chi connectivity index (χ0) is 14.5. The van der Waals surface area contributed by atoms with Crippen LogP contribution in [-0.2, 0) is 11.3 Å². The van der Waals surface area contributed by atoms with Crippen LogP contribution >= 0.6 is 0 Å². The van der Waals surface area contributed by atoms with Crippen molar-refractivity contribution in [2.45, 2.75) is 56.8 Å². The maximum absolute atomic E-state index is 8.72. The van der Waals surface area contributed by atoms with Gasteiger partial charge in [0.05, 0.1) is 17.8 Å². The van der Waals surface area contributed by atoms with Crippen molar-refractivity contribution in [1.29, 1.82) is 5.26 Å². The molecule has 112 valence electrons. The van der Waals surface area contributed by atoms with Crippen LogP contribution in [0.1, 0.15) is 44.1 Å². The van der Waals surface area contributed by atoms with Gasteiger partial charge in [0, 0.05) is 19.5 Å². The molecular formula is C18H24N2O. The van der Waals surface area contributed by atoms with E-state index in [1.54, 1.807) is 0 Å². The monoisotopic (exact) mass is 284 g/mol. The summed E-state index contributed by atoms with van der Waals surface area (Å²) in [5.41, 5.74) is 1.45. The molecule has 1 spiro atoms. The molecule has 0 bridgehead atoms. The van der Waals surface area contributed by atoms with Gasteiger partial charge < -0.3 is 4.74 Å². The van der Waals surface area contributed by atoms with Crippen LogP contribution in [-0.4, -0.2) is 29.7 Å². The van der Waals surface area contributed by atoms with E-state index in [4.69, 9.17) is 10.00 Å². The van der Waals surface area contributed by atoms with Gasteiger partial charge in [-0.2, -0.15) is 5.26 Å². The number of benzene rings is 1. The molecule has 2 aliphatic heterocycles. The standard InChI is InChI=1S/C18H24N2O/c19-12-4-8-17-9-11-18(21-17)10-5-13-20(15-18)14-16-6-2-1-3-7-16/h1-3,6-7,17H,4-5,8-11,13-15H2/t17-,18-/m0/s1. The molecule has 0 N–H and O–H groups in total. The highest BCUT2D eigenvalue weighted by Gasteiger charge is 2.42. The summed E-state index contributed by atoms with van der Waals surface area (Å²) in [6, 6.07) is 12.9. The van der Waals surface area contributed by atoms with E-state index >= 15 is 0 Å². The Morgan fingerprint density at radius 3 is 2.95 bits per heavy atom. The molecule has 2 saturated heterocycles. The Morgan fingerprint density at radius 1 is 1.29 bits per heavy atom. The van der Waals surface area contributed by atoms with Crippen LogP contribution < -0.4 is 0 Å². The van der Waals surface area contributed by atoms with E-state index in [2.05, 4.69) is 41.3 Å². The van der Waals surface area contributed by atoms with Crippen LogP contribution in [0.2, 0.25) is 0 Å². The summed E-state index contributed by atoms with van der Waals surface area (Å²) in [5, 5.41) is 8.72. The third-order valence-corrected chi connectivity index (χ3v) is 4.78. The molecule has 3 nitrogen and oxygen atoms in total. The van der Waals surface area contributed by atoms with Gasteiger partial charge in [-0.25, -0.2) is 0 Å². The third kappa shape index (κ3) is 3.64. The molecule has 3 heteroatoms. The number of likely N-dealkylation sites (tertiary alicyclic amines) is 1. The SMILES string of the molecule is N#CCC[C@H]1CC[C@]2(CCCN(Cc3ccccc3)C2)O1. The van der Waals surface area contributed by atoms with Gasteiger partial charge in [0.25, 0.3) is 0 Å². The normalized spacial score (nSPS) is 29.6. The first-order valence-electron chi connectivity index (χ1n) is 8.11. The molecule has 0 unspecified atom stereocenters. The number of nitriles is 1. The average molecular weight is 284 g/mol. The topological polar surface area (TPSA) is 36.3 Å². The Morgan fingerprint density at radius 2 is 2.14 bits per heavy atom. The first kappa shape index (κ1) is 14.6. The minimum atomic E-state index is 0.0627. The van der Waals surface area contributed by atoms with E-state index < -0.39 is 0 Å². The molecule has 0 aromatic heterocycles. The van der Waals surface area contributed by atoms with Gasteiger partial charge in [0.2, 0.25) is 0 Å². The van der Waals surface area contributed by atoms with Crippen molar-refractivity contribution >= 4 is 0 Å². The Balaban J connectivity index is 1.57. The highest BCUT2D eigenvalue weighted by molar-refractivity contribution is 5.14. The quantitative estimate of drug-likeness (QED) is 0.849. The first-order chi connectivity index (χ1) is 10.3. The molecule has 0 saturated carbocycles. The number of nitrogens with zero attached hydrogens (tertiary/aromatic N) is 2.